The molecule has 1 saturated heterocycles. The van der Waals surface area contributed by atoms with Crippen LogP contribution in [0.5, 0.6) is 0 Å². The minimum absolute atomic E-state index is 0.118. The Kier molecular flexibility index (Phi) is 5.92. The average molecular weight is 408 g/mol. The molecule has 2 atom stereocenters. The predicted octanol–water partition coefficient (Wildman–Crippen LogP) is 3.55. The van der Waals surface area contributed by atoms with E-state index in [4.69, 9.17) is 5.21 Å². The van der Waals surface area contributed by atoms with Gasteiger partial charge in [-0.05, 0) is 49.1 Å². The summed E-state index contributed by atoms with van der Waals surface area (Å²) in [6.07, 6.45) is 4.95. The molecule has 1 aliphatic rings. The van der Waals surface area contributed by atoms with Crippen LogP contribution < -0.4 is 5.48 Å². The predicted molar refractivity (Wildman–Crippen MR) is 114 cm³/mol. The van der Waals surface area contributed by atoms with Gasteiger partial charge in [-0.1, -0.05) is 24.3 Å². The summed E-state index contributed by atoms with van der Waals surface area (Å²) < 4.78 is 14.3. The van der Waals surface area contributed by atoms with Gasteiger partial charge in [0.2, 0.25) is 0 Å². The number of hydrogen-bond donors (Lipinski definition) is 3. The lowest BCUT2D eigenvalue weighted by Crippen LogP contribution is -2.31. The molecule has 156 valence electrons. The van der Waals surface area contributed by atoms with Crippen LogP contribution in [0.15, 0.2) is 48.7 Å². The monoisotopic (exact) mass is 408 g/mol. The van der Waals surface area contributed by atoms with Gasteiger partial charge >= 0.3 is 0 Å². The zero-order chi connectivity index (χ0) is 21.1. The number of benzene rings is 1. The Morgan fingerprint density at radius 2 is 2.20 bits per heavy atom. The second-order valence-corrected chi connectivity index (χ2v) is 7.79. The van der Waals surface area contributed by atoms with E-state index < -0.39 is 12.1 Å². The summed E-state index contributed by atoms with van der Waals surface area (Å²) in [5.74, 6) is -0.597. The minimum Gasteiger partial charge on any atom is -0.358 e. The topological polar surface area (TPSA) is 81.2 Å². The van der Waals surface area contributed by atoms with E-state index in [1.165, 1.54) is 17.0 Å². The van der Waals surface area contributed by atoms with Crippen molar-refractivity contribution in [1.29, 1.82) is 0 Å². The summed E-state index contributed by atoms with van der Waals surface area (Å²) in [7, 11) is 0. The normalized spacial score (nSPS) is 19.7. The molecule has 1 aromatic carbocycles. The fraction of sp³-hybridized carbons (Fsp3) is 0.304. The number of hydrogen-bond acceptors (Lipinski definition) is 4. The van der Waals surface area contributed by atoms with Gasteiger partial charge in [0.05, 0.1) is 5.69 Å². The summed E-state index contributed by atoms with van der Waals surface area (Å²) in [6, 6.07) is 12.1. The molecule has 0 bridgehead atoms. The van der Waals surface area contributed by atoms with Gasteiger partial charge in [-0.2, -0.15) is 0 Å². The van der Waals surface area contributed by atoms with Gasteiger partial charge in [0.25, 0.3) is 5.91 Å². The van der Waals surface area contributed by atoms with E-state index in [2.05, 4.69) is 33.9 Å². The highest BCUT2D eigenvalue weighted by atomic mass is 19.1. The first-order chi connectivity index (χ1) is 14.5. The number of aromatic amines is 1. The SMILES string of the molecule is Cc1[nH]c2ccccc2c1C[C@H]1CC(F)CN1Cc1ccc(C=CC(=O)NO)cn1. The lowest BCUT2D eigenvalue weighted by molar-refractivity contribution is -0.124. The summed E-state index contributed by atoms with van der Waals surface area (Å²) >= 11 is 0. The first kappa shape index (κ1) is 20.3. The molecule has 7 heteroatoms. The number of aryl methyl sites for hydroxylation is 1. The summed E-state index contributed by atoms with van der Waals surface area (Å²) in [6.45, 7) is 3.06. The number of halogens is 1. The highest BCUT2D eigenvalue weighted by Crippen LogP contribution is 2.30. The quantitative estimate of drug-likeness (QED) is 0.331. The lowest BCUT2D eigenvalue weighted by atomic mass is 10.0. The van der Waals surface area contributed by atoms with E-state index in [0.717, 1.165) is 28.9 Å². The van der Waals surface area contributed by atoms with Crippen LogP contribution >= 0.6 is 0 Å². The Labute approximate surface area is 174 Å². The van der Waals surface area contributed by atoms with Crippen LogP contribution in [-0.2, 0) is 17.8 Å². The van der Waals surface area contributed by atoms with E-state index >= 15 is 0 Å². The molecule has 3 aromatic rings. The minimum atomic E-state index is -0.834. The number of hydroxylamine groups is 1. The van der Waals surface area contributed by atoms with E-state index in [1.54, 1.807) is 17.8 Å². The highest BCUT2D eigenvalue weighted by Gasteiger charge is 2.33. The van der Waals surface area contributed by atoms with Crippen LogP contribution in [0, 0.1) is 6.92 Å². The van der Waals surface area contributed by atoms with Crippen LogP contribution in [0.4, 0.5) is 4.39 Å². The van der Waals surface area contributed by atoms with Gasteiger partial charge in [0, 0.05) is 48.0 Å². The third kappa shape index (κ3) is 4.42. The molecule has 4 rings (SSSR count). The molecular weight excluding hydrogens is 383 g/mol. The van der Waals surface area contributed by atoms with E-state index in [9.17, 15) is 9.18 Å². The lowest BCUT2D eigenvalue weighted by Gasteiger charge is -2.24. The van der Waals surface area contributed by atoms with Crippen molar-refractivity contribution in [3.05, 3.63) is 71.2 Å². The average Bonchev–Trinajstić information content (AvgIpc) is 3.26. The maximum absolute atomic E-state index is 14.3. The molecule has 0 saturated carbocycles. The second-order valence-electron chi connectivity index (χ2n) is 7.79. The standard InChI is InChI=1S/C23H25FN4O2/c1-15-21(20-4-2-3-5-22(20)26-15)11-19-10-17(24)13-28(19)14-18-8-6-16(12-25-18)7-9-23(29)27-30/h2-9,12,17,19,26,30H,10-11,13-14H2,1H3,(H,27,29)/t17?,19-/m1/s1. The number of H-pyrrole nitrogens is 1. The van der Waals surface area contributed by atoms with Crippen molar-refractivity contribution in [3.63, 3.8) is 0 Å². The molecule has 6 nitrogen and oxygen atoms in total. The maximum Gasteiger partial charge on any atom is 0.267 e. The molecule has 3 heterocycles. The highest BCUT2D eigenvalue weighted by molar-refractivity contribution is 5.90. The Morgan fingerprint density at radius 1 is 1.37 bits per heavy atom. The Balaban J connectivity index is 1.47. The van der Waals surface area contributed by atoms with Gasteiger partial charge in [-0.15, -0.1) is 0 Å². The fourth-order valence-corrected chi connectivity index (χ4v) is 4.21. The zero-order valence-electron chi connectivity index (χ0n) is 16.8. The number of amides is 1. The first-order valence-electron chi connectivity index (χ1n) is 10.0. The molecule has 0 radical (unpaired) electrons. The molecule has 2 aromatic heterocycles. The maximum atomic E-state index is 14.3. The third-order valence-electron chi connectivity index (χ3n) is 5.69. The molecule has 0 spiro atoms. The van der Waals surface area contributed by atoms with E-state index in [1.807, 2.05) is 24.3 Å². The summed E-state index contributed by atoms with van der Waals surface area (Å²) in [5.41, 5.74) is 6.66. The van der Waals surface area contributed by atoms with Gasteiger partial charge in [-0.25, -0.2) is 9.87 Å². The Morgan fingerprint density at radius 3 is 2.97 bits per heavy atom. The van der Waals surface area contributed by atoms with Crippen molar-refractivity contribution >= 4 is 22.9 Å². The van der Waals surface area contributed by atoms with Crippen molar-refractivity contribution in [3.8, 4) is 0 Å². The van der Waals surface area contributed by atoms with Crippen LogP contribution in [-0.4, -0.2) is 44.7 Å². The number of carbonyl (C=O) groups excluding carboxylic acids is 1. The van der Waals surface area contributed by atoms with Crippen LogP contribution in [0.25, 0.3) is 17.0 Å². The molecule has 30 heavy (non-hydrogen) atoms. The molecule has 1 aliphatic heterocycles. The van der Waals surface area contributed by atoms with Crippen LogP contribution in [0.3, 0.4) is 0 Å². The van der Waals surface area contributed by atoms with Gasteiger partial charge in [0.15, 0.2) is 0 Å². The number of rotatable bonds is 6. The number of likely N-dealkylation sites (tertiary alicyclic amines) is 1. The third-order valence-corrected chi connectivity index (χ3v) is 5.69. The molecule has 1 fully saturated rings. The Hall–Kier alpha value is -3.03. The van der Waals surface area contributed by atoms with Gasteiger partial charge < -0.3 is 4.98 Å². The number of carbonyl (C=O) groups is 1. The number of aromatic nitrogens is 2. The zero-order valence-corrected chi connectivity index (χ0v) is 16.8. The number of para-hydroxylation sites is 1. The van der Waals surface area contributed by atoms with Crippen molar-refractivity contribution in [2.45, 2.75) is 38.5 Å². The molecule has 3 N–H and O–H groups in total. The number of nitrogens with one attached hydrogen (secondary N) is 2. The van der Waals surface area contributed by atoms with Crippen molar-refractivity contribution in [2.24, 2.45) is 0 Å². The Bertz CT molecular complexity index is 1060. The van der Waals surface area contributed by atoms with Crippen LogP contribution in [0.1, 0.15) is 28.9 Å². The summed E-state index contributed by atoms with van der Waals surface area (Å²) in [4.78, 5) is 21.1. The van der Waals surface area contributed by atoms with Gasteiger partial charge in [0.1, 0.15) is 6.17 Å². The first-order valence-corrected chi connectivity index (χ1v) is 10.0. The largest absolute Gasteiger partial charge is 0.358 e. The van der Waals surface area contributed by atoms with Crippen molar-refractivity contribution in [2.75, 3.05) is 6.54 Å². The number of nitrogens with zero attached hydrogens (tertiary/aromatic N) is 2. The summed E-state index contributed by atoms with van der Waals surface area (Å²) in [5, 5.41) is 9.73. The van der Waals surface area contributed by atoms with Crippen molar-refractivity contribution in [1.82, 2.24) is 20.3 Å². The second kappa shape index (κ2) is 8.77. The van der Waals surface area contributed by atoms with Crippen LogP contribution in [0.2, 0.25) is 0 Å². The molecule has 1 unspecified atom stereocenters. The molecular formula is C23H25FN4O2. The van der Waals surface area contributed by atoms with E-state index in [0.29, 0.717) is 19.5 Å². The van der Waals surface area contributed by atoms with E-state index in [-0.39, 0.29) is 6.04 Å². The molecule has 0 aliphatic carbocycles. The number of fused-ring (bicyclic) bond motifs is 1. The number of alkyl halides is 1. The van der Waals surface area contributed by atoms with Gasteiger partial charge in [-0.3, -0.25) is 19.9 Å². The molecule has 1 amide bonds. The smallest absolute Gasteiger partial charge is 0.267 e. The number of pyridine rings is 1. The van der Waals surface area contributed by atoms with Crippen molar-refractivity contribution < 1.29 is 14.4 Å². The fourth-order valence-electron chi connectivity index (χ4n) is 4.21.